The van der Waals surface area contributed by atoms with Crippen LogP contribution in [0, 0.1) is 0 Å². The predicted octanol–water partition coefficient (Wildman–Crippen LogP) is -7.80. The van der Waals surface area contributed by atoms with Crippen molar-refractivity contribution in [1.29, 1.82) is 0 Å². The Balaban J connectivity index is -0.0000000383. The first-order chi connectivity index (χ1) is 3.91. The maximum absolute atomic E-state index is 8.66. The molecule has 0 aliphatic rings. The number of aliphatic hydroxyl groups excluding tert-OH is 1. The fourth-order valence-electron chi connectivity index (χ4n) is 0. The van der Waals surface area contributed by atoms with Crippen LogP contribution in [0.15, 0.2) is 0 Å². The van der Waals surface area contributed by atoms with Crippen LogP contribution in [0.1, 0.15) is 13.3 Å². The van der Waals surface area contributed by atoms with Gasteiger partial charge < -0.3 is 24.4 Å². The molecule has 0 heterocycles. The third-order valence-corrected chi connectivity index (χ3v) is 0.224. The van der Waals surface area contributed by atoms with Gasteiger partial charge in [0.2, 0.25) is 0 Å². The largest absolute Gasteiger partial charge is 1.00 e. The average molecular weight is 234 g/mol. The minimum Gasteiger partial charge on any atom is -0.790 e. The molecule has 0 saturated carbocycles. The monoisotopic (exact) mass is 234 g/mol. The van der Waals surface area contributed by atoms with E-state index in [2.05, 4.69) is 0 Å². The molecule has 0 amide bonds. The van der Waals surface area contributed by atoms with E-state index in [4.69, 9.17) is 24.4 Å². The molecule has 0 unspecified atom stereocenters. The molecule has 0 aliphatic carbocycles. The van der Waals surface area contributed by atoms with E-state index in [1.165, 1.54) is 0 Å². The Bertz CT molecular complexity index is 83.5. The number of rotatable bonds is 1. The van der Waals surface area contributed by atoms with Crippen molar-refractivity contribution in [2.24, 2.45) is 0 Å². The van der Waals surface area contributed by atoms with Crippen LogP contribution >= 0.6 is 7.82 Å². The summed E-state index contributed by atoms with van der Waals surface area (Å²) >= 11 is 0. The van der Waals surface area contributed by atoms with Gasteiger partial charge in [-0.2, -0.15) is 0 Å². The van der Waals surface area contributed by atoms with E-state index in [1.807, 2.05) is 6.92 Å². The van der Waals surface area contributed by atoms with Gasteiger partial charge in [0.15, 0.2) is 0 Å². The molecular formula is C3H9K2O5P. The predicted molar refractivity (Wildman–Crippen MR) is 27.2 cm³/mol. The Morgan fingerprint density at radius 3 is 1.45 bits per heavy atom. The third-order valence-electron chi connectivity index (χ3n) is 0.224. The van der Waals surface area contributed by atoms with Crippen LogP contribution in [0.3, 0.4) is 0 Å². The van der Waals surface area contributed by atoms with Gasteiger partial charge in [-0.25, -0.2) is 0 Å². The van der Waals surface area contributed by atoms with E-state index in [0.29, 0.717) is 6.61 Å². The molecule has 0 aromatic carbocycles. The first-order valence-electron chi connectivity index (χ1n) is 2.27. The van der Waals surface area contributed by atoms with E-state index in [-0.39, 0.29) is 103 Å². The van der Waals surface area contributed by atoms with Crippen LogP contribution in [0.2, 0.25) is 0 Å². The number of aliphatic hydroxyl groups is 1. The maximum atomic E-state index is 8.66. The summed E-state index contributed by atoms with van der Waals surface area (Å²) in [4.78, 5) is 24.3. The van der Waals surface area contributed by atoms with Crippen molar-refractivity contribution in [3.63, 3.8) is 0 Å². The van der Waals surface area contributed by atoms with Crippen LogP contribution in [0.4, 0.5) is 0 Å². The van der Waals surface area contributed by atoms with Crippen LogP contribution < -0.4 is 113 Å². The molecular weight excluding hydrogens is 225 g/mol. The molecule has 0 fully saturated rings. The van der Waals surface area contributed by atoms with Crippen LogP contribution in [0.25, 0.3) is 0 Å². The molecule has 8 heteroatoms. The van der Waals surface area contributed by atoms with Crippen LogP contribution in [-0.2, 0) is 4.57 Å². The number of hydrogen-bond donors (Lipinski definition) is 2. The van der Waals surface area contributed by atoms with Gasteiger partial charge in [-0.15, -0.1) is 0 Å². The molecule has 0 radical (unpaired) electrons. The zero-order valence-corrected chi connectivity index (χ0v) is 14.1. The van der Waals surface area contributed by atoms with Gasteiger partial charge in [-0.1, -0.05) is 6.92 Å². The Hall–Kier alpha value is 3.34. The third kappa shape index (κ3) is 91.0. The van der Waals surface area contributed by atoms with Gasteiger partial charge in [-0.3, -0.25) is 0 Å². The summed E-state index contributed by atoms with van der Waals surface area (Å²) in [5, 5.41) is 7.88. The molecule has 0 atom stereocenters. The van der Waals surface area contributed by atoms with Gasteiger partial charge in [0.1, 0.15) is 0 Å². The Morgan fingerprint density at radius 1 is 1.36 bits per heavy atom. The van der Waals surface area contributed by atoms with Crippen molar-refractivity contribution in [1.82, 2.24) is 0 Å². The molecule has 0 saturated heterocycles. The minimum absolute atomic E-state index is 0. The Labute approximate surface area is 151 Å². The molecule has 11 heavy (non-hydrogen) atoms. The average Bonchev–Trinajstić information content (AvgIpc) is 1.61. The van der Waals surface area contributed by atoms with E-state index < -0.39 is 7.82 Å². The summed E-state index contributed by atoms with van der Waals surface area (Å²) in [5.41, 5.74) is 0. The van der Waals surface area contributed by atoms with Crippen molar-refractivity contribution in [3.05, 3.63) is 0 Å². The molecule has 0 aromatic heterocycles. The molecule has 0 bridgehead atoms. The second-order valence-corrected chi connectivity index (χ2v) is 2.13. The summed E-state index contributed by atoms with van der Waals surface area (Å²) in [7, 11) is -5.14. The summed E-state index contributed by atoms with van der Waals surface area (Å²) < 4.78 is 8.66. The van der Waals surface area contributed by atoms with Crippen LogP contribution in [0.5, 0.6) is 0 Å². The smallest absolute Gasteiger partial charge is 0.790 e. The molecule has 0 rings (SSSR count). The summed E-state index contributed by atoms with van der Waals surface area (Å²) in [6, 6.07) is 0. The SMILES string of the molecule is CCCO.O=P([O-])([O-])O.[K+].[K+]. The molecule has 0 aromatic rings. The molecule has 0 spiro atoms. The number of phosphoric acid groups is 1. The van der Waals surface area contributed by atoms with E-state index >= 15 is 0 Å². The van der Waals surface area contributed by atoms with Gasteiger partial charge in [0.25, 0.3) is 0 Å². The van der Waals surface area contributed by atoms with E-state index in [9.17, 15) is 0 Å². The molecule has 5 nitrogen and oxygen atoms in total. The maximum Gasteiger partial charge on any atom is 1.00 e. The topological polar surface area (TPSA) is 104 Å². The van der Waals surface area contributed by atoms with Gasteiger partial charge >= 0.3 is 103 Å². The van der Waals surface area contributed by atoms with Crippen molar-refractivity contribution >= 4 is 7.82 Å². The van der Waals surface area contributed by atoms with E-state index in [0.717, 1.165) is 6.42 Å². The van der Waals surface area contributed by atoms with Crippen molar-refractivity contribution in [2.75, 3.05) is 6.61 Å². The summed E-state index contributed by atoms with van der Waals surface area (Å²) in [5.74, 6) is 0. The van der Waals surface area contributed by atoms with Gasteiger partial charge in [-0.05, 0) is 6.42 Å². The van der Waals surface area contributed by atoms with Crippen LogP contribution in [-0.4, -0.2) is 16.6 Å². The second kappa shape index (κ2) is 15.8. The summed E-state index contributed by atoms with van der Waals surface area (Å²) in [6.07, 6.45) is 0.875. The first-order valence-corrected chi connectivity index (χ1v) is 3.77. The molecule has 58 valence electrons. The fourth-order valence-corrected chi connectivity index (χ4v) is 0. The van der Waals surface area contributed by atoms with Crippen molar-refractivity contribution in [3.8, 4) is 0 Å². The fraction of sp³-hybridized carbons (Fsp3) is 1.00. The second-order valence-electron chi connectivity index (χ2n) is 1.19. The number of hydrogen-bond acceptors (Lipinski definition) is 4. The molecule has 0 aliphatic heterocycles. The summed E-state index contributed by atoms with van der Waals surface area (Å²) in [6.45, 7) is 2.25. The Kier molecular flexibility index (Phi) is 34.3. The zero-order chi connectivity index (χ0) is 7.91. The first kappa shape index (κ1) is 23.9. The van der Waals surface area contributed by atoms with Crippen molar-refractivity contribution < 1.29 is 127 Å². The zero-order valence-electron chi connectivity index (χ0n) is 6.98. The Morgan fingerprint density at radius 2 is 1.45 bits per heavy atom. The normalized spacial score (nSPS) is 8.09. The molecule has 2 N–H and O–H groups in total. The van der Waals surface area contributed by atoms with Gasteiger partial charge in [0.05, 0.1) is 7.82 Å². The van der Waals surface area contributed by atoms with E-state index in [1.54, 1.807) is 0 Å². The minimum atomic E-state index is -5.14. The standard InChI is InChI=1S/C3H8O.2K.H3O4P/c1-2-3-4;;;1-5(2,3)4/h4H,2-3H2,1H3;;;(H3,1,2,3,4)/q;2*+1;/p-2. The quantitative estimate of drug-likeness (QED) is 0.346. The van der Waals surface area contributed by atoms with Crippen molar-refractivity contribution in [2.45, 2.75) is 13.3 Å². The van der Waals surface area contributed by atoms with Gasteiger partial charge in [0, 0.05) is 6.61 Å².